The summed E-state index contributed by atoms with van der Waals surface area (Å²) in [5, 5.41) is 11.0. The lowest BCUT2D eigenvalue weighted by molar-refractivity contribution is -0.386. The Kier molecular flexibility index (Phi) is 7.74. The van der Waals surface area contributed by atoms with Gasteiger partial charge in [0.2, 0.25) is 5.15 Å². The summed E-state index contributed by atoms with van der Waals surface area (Å²) >= 11 is 5.84. The highest BCUT2D eigenvalue weighted by molar-refractivity contribution is 6.31. The lowest BCUT2D eigenvalue weighted by Crippen LogP contribution is -2.13. The van der Waals surface area contributed by atoms with Crippen molar-refractivity contribution in [2.45, 2.75) is 19.4 Å². The van der Waals surface area contributed by atoms with E-state index >= 15 is 0 Å². The highest BCUT2D eigenvalue weighted by Crippen LogP contribution is 2.39. The minimum Gasteiger partial charge on any atom is -0.397 e. The molecule has 114 valence electrons. The van der Waals surface area contributed by atoms with Crippen LogP contribution in [-0.2, 0) is 9.47 Å². The number of aromatic nitrogens is 1. The first-order valence-electron chi connectivity index (χ1n) is 5.55. The molecule has 0 saturated heterocycles. The Labute approximate surface area is 128 Å². The molecular formula is C11H17Cl2N3O4. The molecule has 0 amide bonds. The minimum absolute atomic E-state index is 0. The summed E-state index contributed by atoms with van der Waals surface area (Å²) in [7, 11) is 2.99. The van der Waals surface area contributed by atoms with E-state index in [-0.39, 0.29) is 34.5 Å². The Morgan fingerprint density at radius 2 is 2.10 bits per heavy atom. The van der Waals surface area contributed by atoms with Gasteiger partial charge in [-0.3, -0.25) is 10.1 Å². The predicted octanol–water partition coefficient (Wildman–Crippen LogP) is 2.68. The average Bonchev–Trinajstić information content (AvgIpc) is 2.35. The van der Waals surface area contributed by atoms with Crippen LogP contribution in [0.15, 0.2) is 0 Å². The van der Waals surface area contributed by atoms with Crippen LogP contribution in [0.25, 0.3) is 0 Å². The molecule has 0 radical (unpaired) electrons. The van der Waals surface area contributed by atoms with Gasteiger partial charge >= 0.3 is 5.69 Å². The molecular weight excluding hydrogens is 309 g/mol. The van der Waals surface area contributed by atoms with Crippen LogP contribution in [0.3, 0.4) is 0 Å². The van der Waals surface area contributed by atoms with Crippen LogP contribution < -0.4 is 5.73 Å². The van der Waals surface area contributed by atoms with Crippen molar-refractivity contribution >= 4 is 35.4 Å². The molecule has 0 bridgehead atoms. The van der Waals surface area contributed by atoms with Crippen molar-refractivity contribution in [1.29, 1.82) is 0 Å². The molecule has 1 aromatic rings. The van der Waals surface area contributed by atoms with E-state index < -0.39 is 11.0 Å². The minimum atomic E-state index is -0.598. The van der Waals surface area contributed by atoms with E-state index in [1.165, 1.54) is 14.2 Å². The molecule has 0 fully saturated rings. The Hall–Kier alpha value is -1.15. The van der Waals surface area contributed by atoms with Crippen molar-refractivity contribution in [2.24, 2.45) is 0 Å². The van der Waals surface area contributed by atoms with E-state index in [4.69, 9.17) is 26.8 Å². The fourth-order valence-corrected chi connectivity index (χ4v) is 2.10. The van der Waals surface area contributed by atoms with Gasteiger partial charge in [0.15, 0.2) is 0 Å². The van der Waals surface area contributed by atoms with Gasteiger partial charge in [-0.25, -0.2) is 4.98 Å². The standard InChI is InChI=1S/C11H16ClN3O4.ClH/c1-6-9(13)8(7(19-3)4-5-18-2)10(15(16)17)11(12)14-6;/h7H,4-5,13H2,1-3H3;1H. The number of pyridine rings is 1. The number of nitrogens with two attached hydrogens (primary N) is 1. The highest BCUT2D eigenvalue weighted by atomic mass is 35.5. The summed E-state index contributed by atoms with van der Waals surface area (Å²) in [5.74, 6) is 0. The number of aryl methyl sites for hydroxylation is 1. The Balaban J connectivity index is 0.00000361. The smallest absolute Gasteiger partial charge is 0.314 e. The maximum atomic E-state index is 11.1. The Morgan fingerprint density at radius 1 is 1.50 bits per heavy atom. The largest absolute Gasteiger partial charge is 0.397 e. The topological polar surface area (TPSA) is 101 Å². The maximum absolute atomic E-state index is 11.1. The molecule has 7 nitrogen and oxygen atoms in total. The van der Waals surface area contributed by atoms with Crippen LogP contribution in [0.2, 0.25) is 5.15 Å². The van der Waals surface area contributed by atoms with Gasteiger partial charge in [-0.15, -0.1) is 12.4 Å². The van der Waals surface area contributed by atoms with Crippen molar-refractivity contribution in [3.63, 3.8) is 0 Å². The fourth-order valence-electron chi connectivity index (χ4n) is 1.80. The number of hydrogen-bond acceptors (Lipinski definition) is 6. The van der Waals surface area contributed by atoms with Gasteiger partial charge in [-0.05, 0) is 6.92 Å². The van der Waals surface area contributed by atoms with Gasteiger partial charge in [-0.2, -0.15) is 0 Å². The first kappa shape index (κ1) is 18.9. The maximum Gasteiger partial charge on any atom is 0.314 e. The van der Waals surface area contributed by atoms with E-state index in [2.05, 4.69) is 4.98 Å². The highest BCUT2D eigenvalue weighted by Gasteiger charge is 2.30. The van der Waals surface area contributed by atoms with E-state index in [0.717, 1.165) is 0 Å². The van der Waals surface area contributed by atoms with Crippen molar-refractivity contribution in [2.75, 3.05) is 26.6 Å². The second-order valence-electron chi connectivity index (χ2n) is 3.93. The molecule has 1 atom stereocenters. The molecule has 0 aliphatic carbocycles. The lowest BCUT2D eigenvalue weighted by Gasteiger charge is -2.18. The van der Waals surface area contributed by atoms with Crippen LogP contribution in [0, 0.1) is 17.0 Å². The van der Waals surface area contributed by atoms with Gasteiger partial charge in [0, 0.05) is 27.2 Å². The van der Waals surface area contributed by atoms with E-state index in [1.807, 2.05) is 0 Å². The number of hydrogen-bond donors (Lipinski definition) is 1. The summed E-state index contributed by atoms with van der Waals surface area (Å²) in [6.07, 6.45) is -0.141. The zero-order chi connectivity index (χ0) is 14.6. The third-order valence-corrected chi connectivity index (χ3v) is 3.03. The summed E-state index contributed by atoms with van der Waals surface area (Å²) in [6, 6.07) is 0. The monoisotopic (exact) mass is 325 g/mol. The number of ether oxygens (including phenoxy) is 2. The summed E-state index contributed by atoms with van der Waals surface area (Å²) in [5.41, 5.74) is 6.49. The van der Waals surface area contributed by atoms with Crippen LogP contribution >= 0.6 is 24.0 Å². The molecule has 1 rings (SSSR count). The van der Waals surface area contributed by atoms with Crippen LogP contribution in [0.1, 0.15) is 23.8 Å². The van der Waals surface area contributed by atoms with Gasteiger partial charge in [0.25, 0.3) is 0 Å². The Morgan fingerprint density at radius 3 is 2.55 bits per heavy atom. The molecule has 1 aromatic heterocycles. The molecule has 20 heavy (non-hydrogen) atoms. The van der Waals surface area contributed by atoms with Crippen molar-refractivity contribution in [3.8, 4) is 0 Å². The molecule has 0 aliphatic rings. The molecule has 1 unspecified atom stereocenters. The third-order valence-electron chi connectivity index (χ3n) is 2.77. The van der Waals surface area contributed by atoms with Gasteiger partial charge < -0.3 is 15.2 Å². The normalized spacial score (nSPS) is 11.8. The summed E-state index contributed by atoms with van der Waals surface area (Å²) in [4.78, 5) is 14.4. The summed E-state index contributed by atoms with van der Waals surface area (Å²) < 4.78 is 10.2. The SMILES string of the molecule is COCCC(OC)c1c(N)c(C)nc(Cl)c1[N+](=O)[O-].Cl. The predicted molar refractivity (Wildman–Crippen MR) is 78.5 cm³/mol. The molecule has 0 aromatic carbocycles. The lowest BCUT2D eigenvalue weighted by atomic mass is 10.0. The van der Waals surface area contributed by atoms with Gasteiger partial charge in [0.05, 0.1) is 28.0 Å². The Bertz CT molecular complexity index is 485. The third kappa shape index (κ3) is 3.92. The number of methoxy groups -OCH3 is 2. The molecule has 0 spiro atoms. The molecule has 0 aliphatic heterocycles. The average molecular weight is 326 g/mol. The van der Waals surface area contributed by atoms with E-state index in [9.17, 15) is 10.1 Å². The van der Waals surface area contributed by atoms with Gasteiger partial charge in [-0.1, -0.05) is 11.6 Å². The summed E-state index contributed by atoms with van der Waals surface area (Å²) in [6.45, 7) is 2.02. The van der Waals surface area contributed by atoms with E-state index in [0.29, 0.717) is 18.7 Å². The van der Waals surface area contributed by atoms with Crippen molar-refractivity contribution in [1.82, 2.24) is 4.98 Å². The quantitative estimate of drug-likeness (QED) is 0.490. The number of nitro groups is 1. The van der Waals surface area contributed by atoms with Crippen LogP contribution in [0.5, 0.6) is 0 Å². The molecule has 0 saturated carbocycles. The zero-order valence-electron chi connectivity index (χ0n) is 11.4. The van der Waals surface area contributed by atoms with E-state index in [1.54, 1.807) is 6.92 Å². The first-order chi connectivity index (χ1) is 8.93. The van der Waals surface area contributed by atoms with Crippen molar-refractivity contribution < 1.29 is 14.4 Å². The number of anilines is 1. The van der Waals surface area contributed by atoms with Crippen LogP contribution in [0.4, 0.5) is 11.4 Å². The number of rotatable bonds is 6. The second-order valence-corrected chi connectivity index (χ2v) is 4.28. The fraction of sp³-hybridized carbons (Fsp3) is 0.545. The number of halogens is 2. The zero-order valence-corrected chi connectivity index (χ0v) is 13.0. The number of nitrogen functional groups attached to an aromatic ring is 1. The second kappa shape index (κ2) is 8.21. The van der Waals surface area contributed by atoms with Crippen LogP contribution in [-0.4, -0.2) is 30.7 Å². The molecule has 2 N–H and O–H groups in total. The van der Waals surface area contributed by atoms with Gasteiger partial charge in [0.1, 0.15) is 0 Å². The molecule has 9 heteroatoms. The number of nitrogens with zero attached hydrogens (tertiary/aromatic N) is 2. The first-order valence-corrected chi connectivity index (χ1v) is 5.93. The molecule has 1 heterocycles. The van der Waals surface area contributed by atoms with Crippen molar-refractivity contribution in [3.05, 3.63) is 26.5 Å².